The van der Waals surface area contributed by atoms with Crippen LogP contribution in [0.3, 0.4) is 0 Å². The molecule has 2 aromatic rings. The topological polar surface area (TPSA) is 82.8 Å². The summed E-state index contributed by atoms with van der Waals surface area (Å²) in [5.74, 6) is 2.53. The van der Waals surface area contributed by atoms with Gasteiger partial charge in [-0.25, -0.2) is 0 Å². The molecule has 0 unspecified atom stereocenters. The molecule has 0 bridgehead atoms. The van der Waals surface area contributed by atoms with Crippen molar-refractivity contribution in [1.82, 2.24) is 5.32 Å². The van der Waals surface area contributed by atoms with Crippen LogP contribution in [-0.2, 0) is 17.6 Å². The number of nitrogens with one attached hydrogen (secondary N) is 1. The molecule has 0 fully saturated rings. The normalized spacial score (nSPS) is 11.9. The van der Waals surface area contributed by atoms with Gasteiger partial charge in [-0.15, -0.1) is 0 Å². The lowest BCUT2D eigenvalue weighted by molar-refractivity contribution is -0.122. The fourth-order valence-electron chi connectivity index (χ4n) is 3.94. The Hall–Kier alpha value is -2.73. The van der Waals surface area contributed by atoms with Gasteiger partial charge in [0.05, 0.1) is 26.9 Å². The van der Waals surface area contributed by atoms with E-state index < -0.39 is 6.04 Å². The van der Waals surface area contributed by atoms with Crippen LogP contribution in [0.4, 0.5) is 0 Å². The van der Waals surface area contributed by atoms with Gasteiger partial charge in [0.25, 0.3) is 0 Å². The molecule has 0 aromatic heterocycles. The number of carbonyl (C=O) groups is 1. The molecular weight excluding hydrogens is 404 g/mol. The molecule has 1 amide bonds. The summed E-state index contributed by atoms with van der Waals surface area (Å²) in [6.07, 6.45) is 2.18. The van der Waals surface area contributed by atoms with Crippen molar-refractivity contribution in [2.45, 2.75) is 66.0 Å². The van der Waals surface area contributed by atoms with Crippen molar-refractivity contribution < 1.29 is 19.0 Å². The Morgan fingerprint density at radius 1 is 0.969 bits per heavy atom. The molecule has 0 aliphatic carbocycles. The maximum Gasteiger partial charge on any atom is 0.237 e. The first kappa shape index (κ1) is 25.5. The standard InChI is InChI=1S/C26H38N2O4/c1-16(2)28-26(29)23(27)15-20-10-12-21(13-11-20)32-14-8-9-22-19(5)24(30-6)17(3)18(4)25(22)31-7/h10-13,16,23H,8-9,14-15,27H2,1-7H3,(H,28,29)/t23-/m0/s1. The van der Waals surface area contributed by atoms with E-state index in [1.807, 2.05) is 38.1 Å². The van der Waals surface area contributed by atoms with E-state index in [1.54, 1.807) is 14.2 Å². The summed E-state index contributed by atoms with van der Waals surface area (Å²) in [4.78, 5) is 12.0. The number of benzene rings is 2. The van der Waals surface area contributed by atoms with Gasteiger partial charge in [0.1, 0.15) is 17.2 Å². The van der Waals surface area contributed by atoms with Crippen LogP contribution < -0.4 is 25.3 Å². The predicted octanol–water partition coefficient (Wildman–Crippen LogP) is 4.04. The van der Waals surface area contributed by atoms with Gasteiger partial charge in [-0.1, -0.05) is 12.1 Å². The van der Waals surface area contributed by atoms with E-state index >= 15 is 0 Å². The van der Waals surface area contributed by atoms with Crippen LogP contribution in [0.1, 0.15) is 48.1 Å². The Balaban J connectivity index is 1.92. The number of hydrogen-bond donors (Lipinski definition) is 2. The van der Waals surface area contributed by atoms with Gasteiger partial charge in [0.2, 0.25) is 5.91 Å². The van der Waals surface area contributed by atoms with Crippen LogP contribution in [0.25, 0.3) is 0 Å². The fourth-order valence-corrected chi connectivity index (χ4v) is 3.94. The second-order valence-corrected chi connectivity index (χ2v) is 8.49. The van der Waals surface area contributed by atoms with Crippen LogP contribution in [0.15, 0.2) is 24.3 Å². The minimum absolute atomic E-state index is 0.0815. The van der Waals surface area contributed by atoms with E-state index in [9.17, 15) is 4.79 Å². The largest absolute Gasteiger partial charge is 0.496 e. The minimum Gasteiger partial charge on any atom is -0.496 e. The highest BCUT2D eigenvalue weighted by Gasteiger charge is 2.18. The van der Waals surface area contributed by atoms with Crippen molar-refractivity contribution in [3.05, 3.63) is 52.1 Å². The molecule has 6 heteroatoms. The quantitative estimate of drug-likeness (QED) is 0.513. The van der Waals surface area contributed by atoms with Gasteiger partial charge in [-0.2, -0.15) is 0 Å². The van der Waals surface area contributed by atoms with E-state index in [4.69, 9.17) is 19.9 Å². The average Bonchev–Trinajstić information content (AvgIpc) is 2.75. The molecule has 3 N–H and O–H groups in total. The highest BCUT2D eigenvalue weighted by molar-refractivity contribution is 5.82. The molecule has 0 saturated heterocycles. The molecule has 176 valence electrons. The summed E-state index contributed by atoms with van der Waals surface area (Å²) in [6, 6.07) is 7.29. The summed E-state index contributed by atoms with van der Waals surface area (Å²) in [6.45, 7) is 10.6. The maximum absolute atomic E-state index is 12.0. The van der Waals surface area contributed by atoms with Crippen molar-refractivity contribution >= 4 is 5.91 Å². The number of nitrogens with two attached hydrogens (primary N) is 1. The number of ether oxygens (including phenoxy) is 3. The second-order valence-electron chi connectivity index (χ2n) is 8.49. The number of carbonyl (C=O) groups excluding carboxylic acids is 1. The van der Waals surface area contributed by atoms with Crippen LogP contribution in [0.5, 0.6) is 17.2 Å². The molecule has 0 radical (unpaired) electrons. The molecule has 0 saturated carbocycles. The summed E-state index contributed by atoms with van der Waals surface area (Å²) >= 11 is 0. The van der Waals surface area contributed by atoms with E-state index in [2.05, 4.69) is 26.1 Å². The number of methoxy groups -OCH3 is 2. The minimum atomic E-state index is -0.558. The third kappa shape index (κ3) is 6.39. The number of hydrogen-bond acceptors (Lipinski definition) is 5. The second kappa shape index (κ2) is 11.8. The Morgan fingerprint density at radius 3 is 2.12 bits per heavy atom. The molecule has 6 nitrogen and oxygen atoms in total. The molecule has 2 rings (SSSR count). The fraction of sp³-hybridized carbons (Fsp3) is 0.500. The first-order valence-corrected chi connectivity index (χ1v) is 11.2. The highest BCUT2D eigenvalue weighted by atomic mass is 16.5. The average molecular weight is 443 g/mol. The lowest BCUT2D eigenvalue weighted by Crippen LogP contribution is -2.44. The van der Waals surface area contributed by atoms with Crippen molar-refractivity contribution in [2.75, 3.05) is 20.8 Å². The molecule has 32 heavy (non-hydrogen) atoms. The Morgan fingerprint density at radius 2 is 1.56 bits per heavy atom. The first-order valence-electron chi connectivity index (χ1n) is 11.2. The van der Waals surface area contributed by atoms with Gasteiger partial charge < -0.3 is 25.3 Å². The van der Waals surface area contributed by atoms with E-state index in [0.717, 1.165) is 52.3 Å². The molecule has 0 heterocycles. The van der Waals surface area contributed by atoms with Gasteiger partial charge in [0, 0.05) is 11.6 Å². The molecular formula is C26H38N2O4. The SMILES string of the molecule is COc1c(C)c(C)c(OC)c(CCCOc2ccc(C[C@H](N)C(=O)NC(C)C)cc2)c1C. The zero-order valence-corrected chi connectivity index (χ0v) is 20.5. The van der Waals surface area contributed by atoms with Crippen molar-refractivity contribution in [1.29, 1.82) is 0 Å². The Labute approximate surface area is 192 Å². The van der Waals surface area contributed by atoms with Crippen LogP contribution >= 0.6 is 0 Å². The molecule has 2 aromatic carbocycles. The molecule has 0 spiro atoms. The van der Waals surface area contributed by atoms with Gasteiger partial charge >= 0.3 is 0 Å². The predicted molar refractivity (Wildman–Crippen MR) is 129 cm³/mol. The smallest absolute Gasteiger partial charge is 0.237 e. The summed E-state index contributed by atoms with van der Waals surface area (Å²) in [7, 11) is 3.43. The zero-order valence-electron chi connectivity index (χ0n) is 20.5. The zero-order chi connectivity index (χ0) is 23.8. The lowest BCUT2D eigenvalue weighted by atomic mass is 9.94. The highest BCUT2D eigenvalue weighted by Crippen LogP contribution is 2.38. The van der Waals surface area contributed by atoms with Crippen LogP contribution in [0.2, 0.25) is 0 Å². The summed E-state index contributed by atoms with van der Waals surface area (Å²) < 4.78 is 17.3. The number of rotatable bonds is 11. The Kier molecular flexibility index (Phi) is 9.39. The van der Waals surface area contributed by atoms with Crippen molar-refractivity contribution in [3.8, 4) is 17.2 Å². The first-order chi connectivity index (χ1) is 15.2. The van der Waals surface area contributed by atoms with Gasteiger partial charge in [-0.05, 0) is 88.3 Å². The molecule has 0 aliphatic rings. The van der Waals surface area contributed by atoms with Crippen molar-refractivity contribution in [3.63, 3.8) is 0 Å². The van der Waals surface area contributed by atoms with Gasteiger partial charge in [0.15, 0.2) is 0 Å². The number of amides is 1. The van der Waals surface area contributed by atoms with E-state index in [-0.39, 0.29) is 11.9 Å². The lowest BCUT2D eigenvalue weighted by Gasteiger charge is -2.20. The van der Waals surface area contributed by atoms with Crippen LogP contribution in [0, 0.1) is 20.8 Å². The third-order valence-corrected chi connectivity index (χ3v) is 5.71. The van der Waals surface area contributed by atoms with Crippen molar-refractivity contribution in [2.24, 2.45) is 5.73 Å². The van der Waals surface area contributed by atoms with Gasteiger partial charge in [-0.3, -0.25) is 4.79 Å². The molecule has 1 atom stereocenters. The summed E-state index contributed by atoms with van der Waals surface area (Å²) in [5, 5.41) is 2.84. The van der Waals surface area contributed by atoms with Crippen LogP contribution in [-0.4, -0.2) is 38.8 Å². The summed E-state index contributed by atoms with van der Waals surface area (Å²) in [5.41, 5.74) is 11.5. The Bertz CT molecular complexity index is 907. The van der Waals surface area contributed by atoms with E-state index in [1.165, 1.54) is 5.56 Å². The molecule has 0 aliphatic heterocycles. The maximum atomic E-state index is 12.0. The van der Waals surface area contributed by atoms with E-state index in [0.29, 0.717) is 13.0 Å². The monoisotopic (exact) mass is 442 g/mol. The third-order valence-electron chi connectivity index (χ3n) is 5.71.